The van der Waals surface area contributed by atoms with E-state index >= 15 is 0 Å². The first-order chi connectivity index (χ1) is 8.33. The average molecular weight is 319 g/mol. The van der Waals surface area contributed by atoms with Gasteiger partial charge in [0.05, 0.1) is 6.61 Å². The molecule has 5 heteroatoms. The van der Waals surface area contributed by atoms with E-state index in [-0.39, 0.29) is 18.3 Å². The normalized spacial score (nSPS) is 37.3. The Kier molecular flexibility index (Phi) is 4.05. The molecule has 0 N–H and O–H groups in total. The van der Waals surface area contributed by atoms with Crippen molar-refractivity contribution in [1.82, 2.24) is 0 Å². The first-order valence-corrected chi connectivity index (χ1v) is 6.88. The third-order valence-corrected chi connectivity index (χ3v) is 3.27. The molecule has 0 radical (unpaired) electrons. The molecule has 18 heavy (non-hydrogen) atoms. The predicted molar refractivity (Wildman–Crippen MR) is 70.0 cm³/mol. The van der Waals surface area contributed by atoms with Crippen LogP contribution in [0.4, 0.5) is 0 Å². The van der Waals surface area contributed by atoms with E-state index in [1.807, 2.05) is 27.7 Å². The second-order valence-electron chi connectivity index (χ2n) is 5.48. The maximum absolute atomic E-state index is 5.93. The first kappa shape index (κ1) is 14.3. The summed E-state index contributed by atoms with van der Waals surface area (Å²) in [6.45, 7) is 8.14. The summed E-state index contributed by atoms with van der Waals surface area (Å²) in [4.78, 5) is 2.70. The summed E-state index contributed by atoms with van der Waals surface area (Å²) in [7, 11) is 0. The molecule has 0 bridgehead atoms. The van der Waals surface area contributed by atoms with E-state index in [0.717, 1.165) is 0 Å². The van der Waals surface area contributed by atoms with Crippen LogP contribution in [-0.2, 0) is 18.9 Å². The van der Waals surface area contributed by atoms with Crippen molar-refractivity contribution in [3.05, 3.63) is 0 Å². The lowest BCUT2D eigenvalue weighted by Gasteiger charge is -2.23. The van der Waals surface area contributed by atoms with Crippen molar-refractivity contribution in [3.63, 3.8) is 0 Å². The summed E-state index contributed by atoms with van der Waals surface area (Å²) < 4.78 is 23.2. The Hall–Kier alpha value is -0.120. The molecule has 0 spiro atoms. The molecule has 2 rings (SSSR count). The van der Waals surface area contributed by atoms with E-state index in [9.17, 15) is 0 Å². The number of hydrogen-bond acceptors (Lipinski definition) is 4. The molecule has 0 aliphatic carbocycles. The van der Waals surface area contributed by atoms with Crippen LogP contribution in [0, 0.1) is 10.8 Å². The van der Waals surface area contributed by atoms with Crippen molar-refractivity contribution in [3.8, 4) is 10.8 Å². The van der Waals surface area contributed by atoms with Crippen LogP contribution >= 0.6 is 15.9 Å². The molecule has 0 aromatic heterocycles. The summed E-state index contributed by atoms with van der Waals surface area (Å²) in [5.41, 5.74) is 0. The fourth-order valence-electron chi connectivity index (χ4n) is 2.35. The van der Waals surface area contributed by atoms with Crippen molar-refractivity contribution in [2.45, 2.75) is 64.0 Å². The van der Waals surface area contributed by atoms with Gasteiger partial charge in [-0.3, -0.25) is 0 Å². The monoisotopic (exact) mass is 318 g/mol. The minimum Gasteiger partial charge on any atom is -0.348 e. The second kappa shape index (κ2) is 5.10. The second-order valence-corrected chi connectivity index (χ2v) is 5.88. The number of hydrogen-bond donors (Lipinski definition) is 0. The van der Waals surface area contributed by atoms with Crippen LogP contribution in [0.25, 0.3) is 0 Å². The van der Waals surface area contributed by atoms with E-state index in [4.69, 9.17) is 18.9 Å². The molecule has 2 fully saturated rings. The van der Waals surface area contributed by atoms with Gasteiger partial charge in [0.15, 0.2) is 11.6 Å². The van der Waals surface area contributed by atoms with Gasteiger partial charge in [-0.1, -0.05) is 5.92 Å². The Morgan fingerprint density at radius 1 is 1.11 bits per heavy atom. The molecule has 0 aromatic carbocycles. The SMILES string of the molecule is CC1(C)OC[C@H]([C@H]2OC(C)(C)O[C@@H]2CC#CBr)O1. The molecule has 0 amide bonds. The van der Waals surface area contributed by atoms with Crippen molar-refractivity contribution >= 4 is 15.9 Å². The zero-order valence-corrected chi connectivity index (χ0v) is 12.7. The molecule has 2 heterocycles. The van der Waals surface area contributed by atoms with Crippen LogP contribution in [-0.4, -0.2) is 36.5 Å². The van der Waals surface area contributed by atoms with E-state index in [0.29, 0.717) is 13.0 Å². The van der Waals surface area contributed by atoms with Gasteiger partial charge in [0.25, 0.3) is 0 Å². The molecule has 2 aliphatic heterocycles. The fourth-order valence-corrected chi connectivity index (χ4v) is 2.51. The third-order valence-electron chi connectivity index (χ3n) is 2.99. The summed E-state index contributed by atoms with van der Waals surface area (Å²) in [6, 6.07) is 0. The molecule has 0 saturated carbocycles. The summed E-state index contributed by atoms with van der Waals surface area (Å²) in [6.07, 6.45) is 0.270. The highest BCUT2D eigenvalue weighted by atomic mass is 79.9. The summed E-state index contributed by atoms with van der Waals surface area (Å²) in [5.74, 6) is 1.82. The predicted octanol–water partition coefficient (Wildman–Crippen LogP) is 2.40. The standard InChI is InChI=1S/C13H19BrO4/c1-12(2)15-8-10(17-12)11-9(6-5-7-14)16-13(3,4)18-11/h9-11H,6,8H2,1-4H3/t9-,10-,11+/m1/s1. The lowest BCUT2D eigenvalue weighted by Crippen LogP contribution is -2.38. The Morgan fingerprint density at radius 2 is 1.83 bits per heavy atom. The molecule has 2 saturated heterocycles. The first-order valence-electron chi connectivity index (χ1n) is 6.09. The minimum atomic E-state index is -0.598. The van der Waals surface area contributed by atoms with Gasteiger partial charge >= 0.3 is 0 Å². The molecule has 0 unspecified atom stereocenters. The molecule has 3 atom stereocenters. The van der Waals surface area contributed by atoms with Crippen molar-refractivity contribution in [1.29, 1.82) is 0 Å². The van der Waals surface area contributed by atoms with Gasteiger partial charge in [0.1, 0.15) is 18.3 Å². The zero-order valence-electron chi connectivity index (χ0n) is 11.2. The van der Waals surface area contributed by atoms with Gasteiger partial charge in [0.2, 0.25) is 0 Å². The van der Waals surface area contributed by atoms with Crippen LogP contribution in [0.5, 0.6) is 0 Å². The van der Waals surface area contributed by atoms with Crippen LogP contribution in [0.1, 0.15) is 34.1 Å². The maximum Gasteiger partial charge on any atom is 0.163 e. The molecule has 0 aromatic rings. The smallest absolute Gasteiger partial charge is 0.163 e. The number of rotatable bonds is 2. The van der Waals surface area contributed by atoms with Crippen LogP contribution in [0.15, 0.2) is 0 Å². The molecule has 4 nitrogen and oxygen atoms in total. The van der Waals surface area contributed by atoms with Gasteiger partial charge < -0.3 is 18.9 Å². The Balaban J connectivity index is 2.06. The van der Waals surface area contributed by atoms with E-state index in [2.05, 4.69) is 26.7 Å². The molecule has 102 valence electrons. The zero-order chi connectivity index (χ0) is 13.4. The van der Waals surface area contributed by atoms with Gasteiger partial charge in [-0.15, -0.1) is 0 Å². The molecular formula is C13H19BrO4. The maximum atomic E-state index is 5.93. The van der Waals surface area contributed by atoms with Gasteiger partial charge in [0, 0.05) is 22.4 Å². The Bertz CT molecular complexity index is 369. The van der Waals surface area contributed by atoms with Crippen LogP contribution < -0.4 is 0 Å². The summed E-state index contributed by atoms with van der Waals surface area (Å²) >= 11 is 3.09. The number of ether oxygens (including phenoxy) is 4. The molecular weight excluding hydrogens is 300 g/mol. The Morgan fingerprint density at radius 3 is 2.39 bits per heavy atom. The van der Waals surface area contributed by atoms with Crippen molar-refractivity contribution in [2.24, 2.45) is 0 Å². The van der Waals surface area contributed by atoms with Crippen molar-refractivity contribution in [2.75, 3.05) is 6.61 Å². The van der Waals surface area contributed by atoms with Crippen LogP contribution in [0.2, 0.25) is 0 Å². The third kappa shape index (κ3) is 3.25. The topological polar surface area (TPSA) is 36.9 Å². The fraction of sp³-hybridized carbons (Fsp3) is 0.846. The average Bonchev–Trinajstić information content (AvgIpc) is 2.75. The van der Waals surface area contributed by atoms with Crippen molar-refractivity contribution < 1.29 is 18.9 Å². The highest BCUT2D eigenvalue weighted by Gasteiger charge is 2.49. The number of halogens is 1. The lowest BCUT2D eigenvalue weighted by molar-refractivity contribution is -0.174. The lowest BCUT2D eigenvalue weighted by atomic mass is 10.1. The summed E-state index contributed by atoms with van der Waals surface area (Å²) in [5, 5.41) is 0. The highest BCUT2D eigenvalue weighted by Crippen LogP contribution is 2.36. The Labute approximate surface area is 116 Å². The van der Waals surface area contributed by atoms with E-state index in [1.165, 1.54) is 0 Å². The van der Waals surface area contributed by atoms with Gasteiger partial charge in [-0.25, -0.2) is 0 Å². The molecule has 2 aliphatic rings. The van der Waals surface area contributed by atoms with Gasteiger partial charge in [-0.05, 0) is 32.5 Å². The largest absolute Gasteiger partial charge is 0.348 e. The van der Waals surface area contributed by atoms with Gasteiger partial charge in [-0.2, -0.15) is 0 Å². The van der Waals surface area contributed by atoms with Crippen LogP contribution in [0.3, 0.4) is 0 Å². The van der Waals surface area contributed by atoms with E-state index < -0.39 is 11.6 Å². The minimum absolute atomic E-state index is 0.0902. The quantitative estimate of drug-likeness (QED) is 0.733. The highest BCUT2D eigenvalue weighted by molar-refractivity contribution is 9.12. The van der Waals surface area contributed by atoms with E-state index in [1.54, 1.807) is 0 Å².